The van der Waals surface area contributed by atoms with Gasteiger partial charge in [-0.2, -0.15) is 0 Å². The van der Waals surface area contributed by atoms with Gasteiger partial charge in [-0.15, -0.1) is 11.3 Å². The number of likely N-dealkylation sites (tertiary alicyclic amines) is 1. The van der Waals surface area contributed by atoms with E-state index in [0.717, 1.165) is 37.3 Å². The number of sulfonamides is 1. The van der Waals surface area contributed by atoms with Gasteiger partial charge < -0.3 is 4.90 Å². The number of primary sulfonamides is 1. The number of thiophene rings is 1. The third kappa shape index (κ3) is 4.28. The summed E-state index contributed by atoms with van der Waals surface area (Å²) in [7, 11) is -3.72. The minimum Gasteiger partial charge on any atom is -0.339 e. The zero-order chi connectivity index (χ0) is 15.5. The van der Waals surface area contributed by atoms with Crippen molar-refractivity contribution in [1.82, 2.24) is 4.90 Å². The number of nitrogens with two attached hydrogens (primary N) is 1. The molecule has 5 nitrogen and oxygen atoms in total. The van der Waals surface area contributed by atoms with Gasteiger partial charge in [0.05, 0.1) is 5.56 Å². The van der Waals surface area contributed by atoms with Gasteiger partial charge in [-0.05, 0) is 31.2 Å². The highest BCUT2D eigenvalue weighted by Gasteiger charge is 2.23. The van der Waals surface area contributed by atoms with Crippen LogP contribution in [-0.4, -0.2) is 32.3 Å². The van der Waals surface area contributed by atoms with Gasteiger partial charge in [-0.3, -0.25) is 4.79 Å². The van der Waals surface area contributed by atoms with Gasteiger partial charge in [0, 0.05) is 18.5 Å². The molecule has 1 aromatic heterocycles. The van der Waals surface area contributed by atoms with Crippen molar-refractivity contribution in [2.75, 3.05) is 13.1 Å². The molecule has 1 unspecified atom stereocenters. The first kappa shape index (κ1) is 16.5. The highest BCUT2D eigenvalue weighted by molar-refractivity contribution is 7.91. The van der Waals surface area contributed by atoms with Crippen LogP contribution in [0.25, 0.3) is 0 Å². The highest BCUT2D eigenvalue weighted by Crippen LogP contribution is 2.25. The molecule has 1 aromatic rings. The standard InChI is InChI=1S/C14H22N2O3S2/c1-2-4-11-5-3-7-16(8-6-11)14(17)12-9-13(20-10-12)21(15,18)19/h9-11H,2-8H2,1H3,(H2,15,18,19). The van der Waals surface area contributed by atoms with Crippen molar-refractivity contribution in [3.63, 3.8) is 0 Å². The first-order valence-corrected chi connectivity index (χ1v) is 9.75. The molecule has 1 aliphatic rings. The first-order valence-electron chi connectivity index (χ1n) is 7.32. The molecule has 118 valence electrons. The number of carbonyl (C=O) groups excluding carboxylic acids is 1. The Morgan fingerprint density at radius 1 is 1.43 bits per heavy atom. The maximum Gasteiger partial charge on any atom is 0.254 e. The minimum absolute atomic E-state index is 0.0459. The zero-order valence-corrected chi connectivity index (χ0v) is 13.9. The SMILES string of the molecule is CCCC1CCCN(C(=O)c2csc(S(N)(=O)=O)c2)CC1. The van der Waals surface area contributed by atoms with Crippen molar-refractivity contribution in [2.45, 2.75) is 43.2 Å². The monoisotopic (exact) mass is 330 g/mol. The summed E-state index contributed by atoms with van der Waals surface area (Å²) < 4.78 is 22.6. The molecule has 1 amide bonds. The Morgan fingerprint density at radius 3 is 2.81 bits per heavy atom. The smallest absolute Gasteiger partial charge is 0.254 e. The van der Waals surface area contributed by atoms with Crippen LogP contribution in [0.2, 0.25) is 0 Å². The topological polar surface area (TPSA) is 80.5 Å². The molecule has 1 fully saturated rings. The summed E-state index contributed by atoms with van der Waals surface area (Å²) in [5.74, 6) is 0.619. The molecular formula is C14H22N2O3S2. The lowest BCUT2D eigenvalue weighted by Gasteiger charge is -2.20. The molecule has 1 aliphatic heterocycles. The van der Waals surface area contributed by atoms with Crippen molar-refractivity contribution in [2.24, 2.45) is 11.1 Å². The lowest BCUT2D eigenvalue weighted by atomic mass is 9.96. The molecule has 0 aliphatic carbocycles. The summed E-state index contributed by atoms with van der Waals surface area (Å²) >= 11 is 1.00. The van der Waals surface area contributed by atoms with Crippen molar-refractivity contribution in [3.8, 4) is 0 Å². The third-order valence-corrected chi connectivity index (χ3v) is 6.32. The molecule has 7 heteroatoms. The van der Waals surface area contributed by atoms with Crippen LogP contribution >= 0.6 is 11.3 Å². The molecule has 0 aromatic carbocycles. The Morgan fingerprint density at radius 2 is 2.19 bits per heavy atom. The molecule has 2 heterocycles. The summed E-state index contributed by atoms with van der Waals surface area (Å²) in [5.41, 5.74) is 0.429. The molecule has 0 radical (unpaired) electrons. The van der Waals surface area contributed by atoms with Crippen molar-refractivity contribution in [1.29, 1.82) is 0 Å². The van der Waals surface area contributed by atoms with Gasteiger partial charge in [0.1, 0.15) is 4.21 Å². The average molecular weight is 330 g/mol. The summed E-state index contributed by atoms with van der Waals surface area (Å²) in [6.07, 6.45) is 5.62. The van der Waals surface area contributed by atoms with Crippen LogP contribution in [0.15, 0.2) is 15.7 Å². The maximum atomic E-state index is 12.5. The van der Waals surface area contributed by atoms with Crippen LogP contribution in [0.1, 0.15) is 49.4 Å². The number of hydrogen-bond acceptors (Lipinski definition) is 4. The van der Waals surface area contributed by atoms with E-state index in [2.05, 4.69) is 6.92 Å². The Balaban J connectivity index is 2.04. The predicted molar refractivity (Wildman–Crippen MR) is 83.8 cm³/mol. The van der Waals surface area contributed by atoms with Gasteiger partial charge in [-0.25, -0.2) is 13.6 Å². The summed E-state index contributed by atoms with van der Waals surface area (Å²) in [4.78, 5) is 14.3. The molecule has 0 saturated carbocycles. The van der Waals surface area contributed by atoms with E-state index in [1.807, 2.05) is 4.90 Å². The van der Waals surface area contributed by atoms with Crippen molar-refractivity contribution >= 4 is 27.3 Å². The number of carbonyl (C=O) groups is 1. The molecule has 2 N–H and O–H groups in total. The van der Waals surface area contributed by atoms with E-state index in [4.69, 9.17) is 5.14 Å². The Hall–Kier alpha value is -0.920. The first-order chi connectivity index (χ1) is 9.91. The largest absolute Gasteiger partial charge is 0.339 e. The van der Waals surface area contributed by atoms with Gasteiger partial charge in [0.15, 0.2) is 0 Å². The molecule has 1 saturated heterocycles. The fraction of sp³-hybridized carbons (Fsp3) is 0.643. The highest BCUT2D eigenvalue weighted by atomic mass is 32.2. The minimum atomic E-state index is -3.72. The van der Waals surface area contributed by atoms with Gasteiger partial charge in [0.25, 0.3) is 5.91 Å². The van der Waals surface area contributed by atoms with Crippen LogP contribution < -0.4 is 5.14 Å². The second-order valence-electron chi connectivity index (χ2n) is 5.58. The van der Waals surface area contributed by atoms with Crippen LogP contribution in [0.3, 0.4) is 0 Å². The Kier molecular flexibility index (Phi) is 5.40. The normalized spacial score (nSPS) is 20.3. The van der Waals surface area contributed by atoms with Crippen LogP contribution in [0.4, 0.5) is 0 Å². The van der Waals surface area contributed by atoms with E-state index in [1.54, 1.807) is 5.38 Å². The fourth-order valence-electron chi connectivity index (χ4n) is 2.83. The lowest BCUT2D eigenvalue weighted by molar-refractivity contribution is 0.0760. The number of amides is 1. The molecular weight excluding hydrogens is 308 g/mol. The lowest BCUT2D eigenvalue weighted by Crippen LogP contribution is -2.31. The molecule has 21 heavy (non-hydrogen) atoms. The number of nitrogens with zero attached hydrogens (tertiary/aromatic N) is 1. The Labute approximate surface area is 130 Å². The number of rotatable bonds is 4. The van der Waals surface area contributed by atoms with E-state index in [-0.39, 0.29) is 10.1 Å². The molecule has 0 spiro atoms. The molecule has 2 rings (SSSR count). The fourth-order valence-corrected chi connectivity index (χ4v) is 4.40. The van der Waals surface area contributed by atoms with Crippen molar-refractivity contribution in [3.05, 3.63) is 17.0 Å². The zero-order valence-electron chi connectivity index (χ0n) is 12.2. The van der Waals surface area contributed by atoms with Crippen molar-refractivity contribution < 1.29 is 13.2 Å². The summed E-state index contributed by atoms with van der Waals surface area (Å²) in [5, 5.41) is 6.66. The van der Waals surface area contributed by atoms with Crippen LogP contribution in [0, 0.1) is 5.92 Å². The predicted octanol–water partition coefficient (Wildman–Crippen LogP) is 2.44. The van der Waals surface area contributed by atoms with Gasteiger partial charge in [-0.1, -0.05) is 19.8 Å². The van der Waals surface area contributed by atoms with Crippen LogP contribution in [0.5, 0.6) is 0 Å². The van der Waals surface area contributed by atoms with E-state index < -0.39 is 10.0 Å². The second-order valence-corrected chi connectivity index (χ2v) is 8.28. The maximum absolute atomic E-state index is 12.5. The summed E-state index contributed by atoms with van der Waals surface area (Å²) in [6, 6.07) is 1.39. The summed E-state index contributed by atoms with van der Waals surface area (Å²) in [6.45, 7) is 3.69. The molecule has 1 atom stereocenters. The molecule has 0 bridgehead atoms. The van der Waals surface area contributed by atoms with Crippen LogP contribution in [-0.2, 0) is 10.0 Å². The van der Waals surface area contributed by atoms with E-state index in [9.17, 15) is 13.2 Å². The van der Waals surface area contributed by atoms with Gasteiger partial charge >= 0.3 is 0 Å². The third-order valence-electron chi connectivity index (χ3n) is 3.93. The second kappa shape index (κ2) is 6.89. The van der Waals surface area contributed by atoms with E-state index in [0.29, 0.717) is 11.5 Å². The van der Waals surface area contributed by atoms with E-state index in [1.165, 1.54) is 25.3 Å². The number of hydrogen-bond donors (Lipinski definition) is 1. The Bertz CT molecular complexity index is 595. The quantitative estimate of drug-likeness (QED) is 0.920. The average Bonchev–Trinajstić information content (AvgIpc) is 2.81. The van der Waals surface area contributed by atoms with E-state index >= 15 is 0 Å². The van der Waals surface area contributed by atoms with Gasteiger partial charge in [0.2, 0.25) is 10.0 Å².